The van der Waals surface area contributed by atoms with Crippen LogP contribution in [-0.4, -0.2) is 54.9 Å². The Balaban J connectivity index is 1.52. The molecule has 0 aromatic carbocycles. The second-order valence-electron chi connectivity index (χ2n) is 7.51. The minimum absolute atomic E-state index is 0.112. The molecule has 156 valence electrons. The van der Waals surface area contributed by atoms with Crippen molar-refractivity contribution in [1.29, 1.82) is 5.26 Å². The van der Waals surface area contributed by atoms with E-state index in [1.165, 1.54) is 15.4 Å². The van der Waals surface area contributed by atoms with E-state index in [0.717, 1.165) is 0 Å². The van der Waals surface area contributed by atoms with E-state index in [1.54, 1.807) is 30.2 Å². The Kier molecular flexibility index (Phi) is 5.35. The first kappa shape index (κ1) is 19.8. The topological polar surface area (TPSA) is 112 Å². The molecule has 1 aliphatic rings. The third-order valence-electron chi connectivity index (χ3n) is 5.81. The van der Waals surface area contributed by atoms with Gasteiger partial charge in [0.15, 0.2) is 0 Å². The first-order valence-corrected chi connectivity index (χ1v) is 9.91. The van der Waals surface area contributed by atoms with E-state index in [4.69, 9.17) is 0 Å². The fourth-order valence-corrected chi connectivity index (χ4v) is 4.06. The van der Waals surface area contributed by atoms with Crippen LogP contribution >= 0.6 is 0 Å². The summed E-state index contributed by atoms with van der Waals surface area (Å²) in [7, 11) is 0. The Morgan fingerprint density at radius 3 is 2.90 bits per heavy atom. The highest BCUT2D eigenvalue weighted by Crippen LogP contribution is 2.28. The van der Waals surface area contributed by atoms with Gasteiger partial charge in [-0.05, 0) is 44.2 Å². The summed E-state index contributed by atoms with van der Waals surface area (Å²) in [5.74, 6) is -0.118. The predicted molar refractivity (Wildman–Crippen MR) is 106 cm³/mol. The minimum atomic E-state index is -0.499. The zero-order valence-electron chi connectivity index (χ0n) is 16.6. The van der Waals surface area contributed by atoms with Crippen molar-refractivity contribution in [3.05, 3.63) is 46.1 Å². The molecule has 1 amide bonds. The Hall–Kier alpha value is -3.48. The second kappa shape index (κ2) is 8.10. The smallest absolute Gasteiger partial charge is 0.276 e. The number of hydrogen-bond acceptors (Lipinski definition) is 5. The average Bonchev–Trinajstić information content (AvgIpc) is 3.38. The van der Waals surface area contributed by atoms with Crippen LogP contribution in [0.25, 0.3) is 11.5 Å². The molecule has 4 rings (SSSR count). The summed E-state index contributed by atoms with van der Waals surface area (Å²) in [5, 5.41) is 17.8. The van der Waals surface area contributed by atoms with Crippen LogP contribution in [0.1, 0.15) is 35.3 Å². The number of hydrogen-bond donors (Lipinski definition) is 1. The Labute approximate surface area is 171 Å². The molecule has 0 radical (unpaired) electrons. The fraction of sp³-hybridized carbons (Fsp3) is 0.450. The molecule has 0 saturated carbocycles. The van der Waals surface area contributed by atoms with Crippen LogP contribution in [0.2, 0.25) is 0 Å². The Morgan fingerprint density at radius 2 is 2.20 bits per heavy atom. The van der Waals surface area contributed by atoms with Gasteiger partial charge in [0.25, 0.3) is 11.5 Å². The zero-order chi connectivity index (χ0) is 21.3. The zero-order valence-corrected chi connectivity index (χ0v) is 16.6. The number of fused-ring (bicyclic) bond motifs is 1. The summed E-state index contributed by atoms with van der Waals surface area (Å²) in [6.07, 6.45) is 4.75. The molecule has 0 spiro atoms. The molecule has 9 nitrogen and oxygen atoms in total. The van der Waals surface area contributed by atoms with Gasteiger partial charge in [-0.25, -0.2) is 9.20 Å². The van der Waals surface area contributed by atoms with Crippen LogP contribution in [-0.2, 0) is 0 Å². The summed E-state index contributed by atoms with van der Waals surface area (Å²) < 4.78 is 15.5. The third-order valence-corrected chi connectivity index (χ3v) is 5.81. The van der Waals surface area contributed by atoms with E-state index in [0.29, 0.717) is 42.7 Å². The second-order valence-corrected chi connectivity index (χ2v) is 7.51. The van der Waals surface area contributed by atoms with Crippen LogP contribution < -0.4 is 5.56 Å². The van der Waals surface area contributed by atoms with E-state index >= 15 is 0 Å². The van der Waals surface area contributed by atoms with Crippen LogP contribution in [0.5, 0.6) is 0 Å². The summed E-state index contributed by atoms with van der Waals surface area (Å²) in [6, 6.07) is 5.58. The fourth-order valence-electron chi connectivity index (χ4n) is 4.06. The number of aromatic amines is 1. The molecule has 0 bridgehead atoms. The molecule has 1 saturated heterocycles. The van der Waals surface area contributed by atoms with Gasteiger partial charge in [-0.1, -0.05) is 0 Å². The van der Waals surface area contributed by atoms with Crippen molar-refractivity contribution in [2.24, 2.45) is 11.8 Å². The first-order chi connectivity index (χ1) is 14.5. The number of nitriles is 1. The molecule has 1 aliphatic heterocycles. The van der Waals surface area contributed by atoms with Gasteiger partial charge in [0, 0.05) is 19.3 Å². The summed E-state index contributed by atoms with van der Waals surface area (Å²) in [4.78, 5) is 29.7. The monoisotopic (exact) mass is 411 g/mol. The largest absolute Gasteiger partial charge is 0.339 e. The van der Waals surface area contributed by atoms with Gasteiger partial charge in [-0.15, -0.1) is 5.10 Å². The standard InChI is InChI=1S/C20H22FN7O2/c1-13-16(19(30)26-9-5-14(6-10-26)15(11-22)4-7-21)12-23-28(13)20-24-18(29)17-3-2-8-27(17)25-20/h2-3,8,12,14-15H,4-7,9-10H2,1H3,(H,24,25,29). The number of nitrogens with one attached hydrogen (secondary N) is 1. The van der Waals surface area contributed by atoms with Crippen molar-refractivity contribution < 1.29 is 9.18 Å². The molecule has 1 unspecified atom stereocenters. The number of carbonyl (C=O) groups excluding carboxylic acids is 1. The highest BCUT2D eigenvalue weighted by atomic mass is 19.1. The van der Waals surface area contributed by atoms with Crippen LogP contribution in [0.3, 0.4) is 0 Å². The van der Waals surface area contributed by atoms with Gasteiger partial charge in [-0.2, -0.15) is 10.4 Å². The highest BCUT2D eigenvalue weighted by Gasteiger charge is 2.30. The molecule has 1 fully saturated rings. The maximum Gasteiger partial charge on any atom is 0.276 e. The molecule has 30 heavy (non-hydrogen) atoms. The van der Waals surface area contributed by atoms with Gasteiger partial charge < -0.3 is 4.90 Å². The number of carbonyl (C=O) groups is 1. The Morgan fingerprint density at radius 1 is 1.43 bits per heavy atom. The van der Waals surface area contributed by atoms with Gasteiger partial charge >= 0.3 is 0 Å². The van der Waals surface area contributed by atoms with Crippen molar-refractivity contribution in [3.63, 3.8) is 0 Å². The predicted octanol–water partition coefficient (Wildman–Crippen LogP) is 1.87. The number of halogens is 1. The summed E-state index contributed by atoms with van der Waals surface area (Å²) in [6.45, 7) is 2.28. The van der Waals surface area contributed by atoms with Gasteiger partial charge in [-0.3, -0.25) is 19.0 Å². The molecule has 4 heterocycles. The maximum atomic E-state index is 13.0. The van der Waals surface area contributed by atoms with Crippen LogP contribution in [0.4, 0.5) is 4.39 Å². The number of aromatic nitrogens is 5. The SMILES string of the molecule is Cc1c(C(=O)N2CCC(C(C#N)CCF)CC2)cnn1-c1nn2cccc2c(=O)[nH]1. The summed E-state index contributed by atoms with van der Waals surface area (Å²) >= 11 is 0. The van der Waals surface area contributed by atoms with E-state index < -0.39 is 6.67 Å². The van der Waals surface area contributed by atoms with E-state index in [-0.39, 0.29) is 35.7 Å². The van der Waals surface area contributed by atoms with E-state index in [1.807, 2.05) is 0 Å². The first-order valence-electron chi connectivity index (χ1n) is 9.91. The maximum absolute atomic E-state index is 13.0. The van der Waals surface area contributed by atoms with Crippen molar-refractivity contribution in [3.8, 4) is 12.0 Å². The molecule has 1 atom stereocenters. The quantitative estimate of drug-likeness (QED) is 0.689. The summed E-state index contributed by atoms with van der Waals surface area (Å²) in [5.41, 5.74) is 1.13. The normalized spacial score (nSPS) is 16.0. The molecule has 10 heteroatoms. The molecule has 3 aromatic heterocycles. The van der Waals surface area contributed by atoms with E-state index in [9.17, 15) is 19.2 Å². The lowest BCUT2D eigenvalue weighted by Gasteiger charge is -2.33. The number of amides is 1. The molecular weight excluding hydrogens is 389 g/mol. The van der Waals surface area contributed by atoms with E-state index in [2.05, 4.69) is 21.3 Å². The lowest BCUT2D eigenvalue weighted by Crippen LogP contribution is -2.40. The molecule has 3 aromatic rings. The third kappa shape index (κ3) is 3.47. The van der Waals surface area contributed by atoms with Crippen LogP contribution in [0, 0.1) is 30.1 Å². The Bertz CT molecular complexity index is 1160. The minimum Gasteiger partial charge on any atom is -0.339 e. The number of H-pyrrole nitrogens is 1. The molecular formula is C20H22FN7O2. The van der Waals surface area contributed by atoms with Gasteiger partial charge in [0.1, 0.15) is 5.52 Å². The average molecular weight is 411 g/mol. The van der Waals surface area contributed by atoms with Crippen molar-refractivity contribution in [1.82, 2.24) is 29.3 Å². The molecule has 0 aliphatic carbocycles. The number of alkyl halides is 1. The number of likely N-dealkylation sites (tertiary alicyclic amines) is 1. The lowest BCUT2D eigenvalue weighted by atomic mass is 9.83. The molecule has 1 N–H and O–H groups in total. The van der Waals surface area contributed by atoms with Crippen molar-refractivity contribution in [2.75, 3.05) is 19.8 Å². The van der Waals surface area contributed by atoms with Crippen LogP contribution in [0.15, 0.2) is 29.3 Å². The van der Waals surface area contributed by atoms with Gasteiger partial charge in [0.05, 0.1) is 36.1 Å². The van der Waals surface area contributed by atoms with Gasteiger partial charge in [0.2, 0.25) is 5.95 Å². The highest BCUT2D eigenvalue weighted by molar-refractivity contribution is 5.95. The number of piperidine rings is 1. The van der Waals surface area contributed by atoms with Crippen molar-refractivity contribution in [2.45, 2.75) is 26.2 Å². The number of nitrogens with zero attached hydrogens (tertiary/aromatic N) is 6. The lowest BCUT2D eigenvalue weighted by molar-refractivity contribution is 0.0667. The van der Waals surface area contributed by atoms with Crippen molar-refractivity contribution >= 4 is 11.4 Å². The number of rotatable bonds is 5.